The van der Waals surface area contributed by atoms with E-state index in [4.69, 9.17) is 26.3 Å². The van der Waals surface area contributed by atoms with E-state index in [2.05, 4.69) is 30.4 Å². The van der Waals surface area contributed by atoms with Crippen molar-refractivity contribution in [2.45, 2.75) is 19.1 Å². The number of fused-ring (bicyclic) bond motifs is 1. The number of aliphatic hydroxyl groups excluding tert-OH is 1. The van der Waals surface area contributed by atoms with Crippen molar-refractivity contribution in [1.82, 2.24) is 29.7 Å². The number of aliphatic hydroxyl groups is 1. The summed E-state index contributed by atoms with van der Waals surface area (Å²) in [6, 6.07) is 8.34. The SMILES string of the molecule is CC(CO)OC[C@H](Oc1ncnc2c1cnn2-c1ncccc1Cl)C(=O)Nc1ccc(C#N)cn1. The Morgan fingerprint density at radius 2 is 2.11 bits per heavy atom. The first-order chi connectivity index (χ1) is 17.0. The Balaban J connectivity index is 1.61. The first-order valence-electron chi connectivity index (χ1n) is 10.4. The molecule has 0 saturated carbocycles. The van der Waals surface area contributed by atoms with Gasteiger partial charge >= 0.3 is 0 Å². The van der Waals surface area contributed by atoms with Crippen LogP contribution in [0.1, 0.15) is 12.5 Å². The number of pyridine rings is 2. The van der Waals surface area contributed by atoms with Crippen molar-refractivity contribution >= 4 is 34.4 Å². The zero-order valence-electron chi connectivity index (χ0n) is 18.4. The summed E-state index contributed by atoms with van der Waals surface area (Å²) in [6.07, 6.45) is 3.96. The summed E-state index contributed by atoms with van der Waals surface area (Å²) in [5.41, 5.74) is 0.720. The number of carbonyl (C=O) groups excluding carboxylic acids is 1. The molecule has 35 heavy (non-hydrogen) atoms. The molecule has 0 bridgehead atoms. The fourth-order valence-electron chi connectivity index (χ4n) is 2.95. The highest BCUT2D eigenvalue weighted by atomic mass is 35.5. The largest absolute Gasteiger partial charge is 0.461 e. The van der Waals surface area contributed by atoms with E-state index in [1.165, 1.54) is 35.5 Å². The maximum Gasteiger partial charge on any atom is 0.269 e. The number of amides is 1. The van der Waals surface area contributed by atoms with E-state index in [9.17, 15) is 9.90 Å². The van der Waals surface area contributed by atoms with Crippen LogP contribution in [-0.2, 0) is 9.53 Å². The Bertz CT molecular complexity index is 1370. The summed E-state index contributed by atoms with van der Waals surface area (Å²) >= 11 is 6.25. The molecule has 0 aliphatic rings. The number of carbonyl (C=O) groups is 1. The minimum atomic E-state index is -1.17. The molecule has 0 aromatic carbocycles. The molecule has 13 heteroatoms. The Kier molecular flexibility index (Phi) is 7.41. The van der Waals surface area contributed by atoms with Crippen molar-refractivity contribution in [3.05, 3.63) is 59.8 Å². The number of nitrogens with one attached hydrogen (secondary N) is 1. The summed E-state index contributed by atoms with van der Waals surface area (Å²) in [5.74, 6) is 0.110. The van der Waals surface area contributed by atoms with Gasteiger partial charge in [0.2, 0.25) is 12.0 Å². The van der Waals surface area contributed by atoms with Gasteiger partial charge < -0.3 is 19.9 Å². The van der Waals surface area contributed by atoms with Crippen LogP contribution in [0.3, 0.4) is 0 Å². The van der Waals surface area contributed by atoms with Gasteiger partial charge in [0.25, 0.3) is 5.91 Å². The van der Waals surface area contributed by atoms with Gasteiger partial charge in [-0.05, 0) is 31.2 Å². The van der Waals surface area contributed by atoms with Crippen LogP contribution in [0.2, 0.25) is 5.02 Å². The van der Waals surface area contributed by atoms with E-state index < -0.39 is 18.1 Å². The number of hydrogen-bond donors (Lipinski definition) is 2. The van der Waals surface area contributed by atoms with Gasteiger partial charge in [-0.1, -0.05) is 11.6 Å². The molecule has 12 nitrogen and oxygen atoms in total. The Hall–Kier alpha value is -4.18. The standard InChI is InChI=1S/C22H19ClN8O4/c1-13(10-32)34-11-17(21(33)30-18-5-4-14(7-24)8-26-18)35-22-15-9-29-31(19(15)27-12-28-22)20-16(23)3-2-6-25-20/h2-6,8-9,12-13,17,32H,10-11H2,1H3,(H,26,30,33)/t13?,17-/m0/s1. The van der Waals surface area contributed by atoms with Gasteiger partial charge in [-0.3, -0.25) is 4.79 Å². The molecule has 1 amide bonds. The van der Waals surface area contributed by atoms with Gasteiger partial charge in [-0.25, -0.2) is 19.9 Å². The number of rotatable bonds is 9. The molecule has 0 aliphatic heterocycles. The molecule has 178 valence electrons. The van der Waals surface area contributed by atoms with Gasteiger partial charge in [0, 0.05) is 12.4 Å². The topological polar surface area (TPSA) is 161 Å². The van der Waals surface area contributed by atoms with Gasteiger partial charge in [-0.2, -0.15) is 15.0 Å². The second-order valence-corrected chi connectivity index (χ2v) is 7.65. The molecule has 0 radical (unpaired) electrons. The second kappa shape index (κ2) is 10.8. The zero-order chi connectivity index (χ0) is 24.8. The normalized spacial score (nSPS) is 12.6. The van der Waals surface area contributed by atoms with Crippen LogP contribution in [-0.4, -0.2) is 66.2 Å². The Labute approximate surface area is 204 Å². The number of anilines is 1. The van der Waals surface area contributed by atoms with E-state index in [-0.39, 0.29) is 24.9 Å². The molecule has 0 fully saturated rings. The minimum Gasteiger partial charge on any atom is -0.461 e. The third-order valence-electron chi connectivity index (χ3n) is 4.75. The fraction of sp³-hybridized carbons (Fsp3) is 0.227. The molecule has 2 atom stereocenters. The zero-order valence-corrected chi connectivity index (χ0v) is 19.1. The molecule has 4 aromatic heterocycles. The highest BCUT2D eigenvalue weighted by Crippen LogP contribution is 2.26. The van der Waals surface area contributed by atoms with E-state index >= 15 is 0 Å². The molecule has 0 spiro atoms. The molecule has 0 aliphatic carbocycles. The van der Waals surface area contributed by atoms with E-state index in [0.717, 1.165) is 0 Å². The lowest BCUT2D eigenvalue weighted by molar-refractivity contribution is -0.127. The summed E-state index contributed by atoms with van der Waals surface area (Å²) in [4.78, 5) is 29.7. The van der Waals surface area contributed by atoms with Crippen LogP contribution in [0.5, 0.6) is 5.88 Å². The Morgan fingerprint density at radius 3 is 2.83 bits per heavy atom. The van der Waals surface area contributed by atoms with Gasteiger partial charge in [-0.15, -0.1) is 0 Å². The van der Waals surface area contributed by atoms with Crippen LogP contribution < -0.4 is 10.1 Å². The number of hydrogen-bond acceptors (Lipinski definition) is 10. The molecule has 0 saturated heterocycles. The monoisotopic (exact) mass is 494 g/mol. The van der Waals surface area contributed by atoms with E-state index in [1.54, 1.807) is 25.3 Å². The van der Waals surface area contributed by atoms with Gasteiger partial charge in [0.05, 0.1) is 36.1 Å². The molecule has 4 rings (SSSR count). The van der Waals surface area contributed by atoms with Crippen molar-refractivity contribution < 1.29 is 19.4 Å². The van der Waals surface area contributed by atoms with Crippen molar-refractivity contribution in [2.24, 2.45) is 0 Å². The number of aromatic nitrogens is 6. The molecule has 2 N–H and O–H groups in total. The highest BCUT2D eigenvalue weighted by molar-refractivity contribution is 6.32. The summed E-state index contributed by atoms with van der Waals surface area (Å²) < 4.78 is 12.9. The van der Waals surface area contributed by atoms with Crippen LogP contribution in [0.25, 0.3) is 16.9 Å². The second-order valence-electron chi connectivity index (χ2n) is 7.25. The summed E-state index contributed by atoms with van der Waals surface area (Å²) in [6.45, 7) is 1.23. The summed E-state index contributed by atoms with van der Waals surface area (Å²) in [7, 11) is 0. The van der Waals surface area contributed by atoms with Crippen molar-refractivity contribution in [2.75, 3.05) is 18.5 Å². The van der Waals surface area contributed by atoms with Crippen molar-refractivity contribution in [3.8, 4) is 17.8 Å². The lowest BCUT2D eigenvalue weighted by Crippen LogP contribution is -2.38. The third kappa shape index (κ3) is 5.49. The summed E-state index contributed by atoms with van der Waals surface area (Å²) in [5, 5.41) is 25.9. The van der Waals surface area contributed by atoms with E-state index in [1.807, 2.05) is 6.07 Å². The average Bonchev–Trinajstić information content (AvgIpc) is 3.31. The molecule has 4 heterocycles. The van der Waals surface area contributed by atoms with Gasteiger partial charge in [0.1, 0.15) is 23.6 Å². The lowest BCUT2D eigenvalue weighted by Gasteiger charge is -2.20. The number of nitrogens with zero attached hydrogens (tertiary/aromatic N) is 7. The number of ether oxygens (including phenoxy) is 2. The average molecular weight is 495 g/mol. The molecular weight excluding hydrogens is 476 g/mol. The van der Waals surface area contributed by atoms with E-state index in [0.29, 0.717) is 27.4 Å². The smallest absolute Gasteiger partial charge is 0.269 e. The lowest BCUT2D eigenvalue weighted by atomic mass is 10.3. The van der Waals surface area contributed by atoms with Crippen LogP contribution in [0, 0.1) is 11.3 Å². The van der Waals surface area contributed by atoms with Crippen molar-refractivity contribution in [1.29, 1.82) is 5.26 Å². The van der Waals surface area contributed by atoms with Crippen LogP contribution >= 0.6 is 11.6 Å². The highest BCUT2D eigenvalue weighted by Gasteiger charge is 2.25. The number of halogens is 1. The third-order valence-corrected chi connectivity index (χ3v) is 5.04. The van der Waals surface area contributed by atoms with Crippen molar-refractivity contribution in [3.63, 3.8) is 0 Å². The predicted octanol–water partition coefficient (Wildman–Crippen LogP) is 1.91. The molecule has 1 unspecified atom stereocenters. The number of nitriles is 1. The molecular formula is C22H19ClN8O4. The van der Waals surface area contributed by atoms with Gasteiger partial charge in [0.15, 0.2) is 11.5 Å². The first-order valence-corrected chi connectivity index (χ1v) is 10.7. The van der Waals surface area contributed by atoms with Crippen LogP contribution in [0.4, 0.5) is 5.82 Å². The minimum absolute atomic E-state index is 0.0847. The quantitative estimate of drug-likeness (QED) is 0.351. The first kappa shape index (κ1) is 24.0. The Morgan fingerprint density at radius 1 is 1.26 bits per heavy atom. The van der Waals surface area contributed by atoms with Crippen LogP contribution in [0.15, 0.2) is 49.2 Å². The maximum absolute atomic E-state index is 13.0. The maximum atomic E-state index is 13.0. The fourth-order valence-corrected chi connectivity index (χ4v) is 3.15. The predicted molar refractivity (Wildman–Crippen MR) is 124 cm³/mol. The molecule has 4 aromatic rings.